The number of nitriles is 1. The third-order valence-electron chi connectivity index (χ3n) is 5.82. The molecule has 1 aliphatic heterocycles. The summed E-state index contributed by atoms with van der Waals surface area (Å²) in [6, 6.07) is 13.8. The number of allylic oxidation sites excluding steroid dienone is 3. The van der Waals surface area contributed by atoms with E-state index >= 15 is 0 Å². The molecule has 0 amide bonds. The number of benzene rings is 2. The largest absolute Gasteiger partial charge is 0.487 e. The van der Waals surface area contributed by atoms with Gasteiger partial charge in [-0.15, -0.1) is 0 Å². The van der Waals surface area contributed by atoms with E-state index < -0.39 is 5.92 Å². The molecule has 0 saturated carbocycles. The lowest BCUT2D eigenvalue weighted by Crippen LogP contribution is -2.36. The summed E-state index contributed by atoms with van der Waals surface area (Å²) in [5, 5.41) is 10.6. The highest BCUT2D eigenvalue weighted by Gasteiger charge is 2.39. The van der Waals surface area contributed by atoms with Crippen LogP contribution in [0.2, 0.25) is 5.02 Å². The predicted octanol–water partition coefficient (Wildman–Crippen LogP) is 5.86. The van der Waals surface area contributed by atoms with Crippen molar-refractivity contribution in [3.8, 4) is 11.8 Å². The fourth-order valence-corrected chi connectivity index (χ4v) is 6.47. The molecule has 0 bridgehead atoms. The number of ether oxygens (including phenoxy) is 1. The molecule has 2 aromatic rings. The first kappa shape index (κ1) is 23.4. The summed E-state index contributed by atoms with van der Waals surface area (Å²) in [5.74, 6) is 0.833. The second kappa shape index (κ2) is 9.61. The highest BCUT2D eigenvalue weighted by Crippen LogP contribution is 2.45. The van der Waals surface area contributed by atoms with Crippen LogP contribution in [0.1, 0.15) is 36.3 Å². The molecule has 2 aromatic carbocycles. The van der Waals surface area contributed by atoms with E-state index in [0.717, 1.165) is 42.6 Å². The van der Waals surface area contributed by atoms with Crippen LogP contribution >= 0.6 is 56.8 Å². The van der Waals surface area contributed by atoms with Gasteiger partial charge in [0.2, 0.25) is 0 Å². The molecule has 164 valence electrons. The van der Waals surface area contributed by atoms with Gasteiger partial charge in [-0.2, -0.15) is 5.26 Å². The number of nitrogens with two attached hydrogens (primary N) is 1. The quantitative estimate of drug-likeness (QED) is 0.413. The van der Waals surface area contributed by atoms with Gasteiger partial charge in [-0.1, -0.05) is 23.7 Å². The van der Waals surface area contributed by atoms with Crippen molar-refractivity contribution in [2.45, 2.75) is 31.8 Å². The lowest BCUT2D eigenvalue weighted by molar-refractivity contribution is -0.116. The summed E-state index contributed by atoms with van der Waals surface area (Å²) in [4.78, 5) is 14.8. The van der Waals surface area contributed by atoms with E-state index in [1.165, 1.54) is 0 Å². The van der Waals surface area contributed by atoms with Crippen LogP contribution in [-0.4, -0.2) is 17.7 Å². The topological polar surface area (TPSA) is 79.3 Å². The molecule has 32 heavy (non-hydrogen) atoms. The average Bonchev–Trinajstić information content (AvgIpc) is 2.77. The third-order valence-corrected chi connectivity index (χ3v) is 7.67. The number of hydrogen-bond acceptors (Lipinski definition) is 5. The summed E-state index contributed by atoms with van der Waals surface area (Å²) in [6.07, 6.45) is 2.08. The van der Waals surface area contributed by atoms with E-state index in [4.69, 9.17) is 22.1 Å². The maximum absolute atomic E-state index is 13.0. The van der Waals surface area contributed by atoms with Crippen LogP contribution in [0.3, 0.4) is 0 Å². The second-order valence-corrected chi connectivity index (χ2v) is 10.5. The van der Waals surface area contributed by atoms with Crippen molar-refractivity contribution in [3.63, 3.8) is 0 Å². The van der Waals surface area contributed by atoms with Gasteiger partial charge in [0, 0.05) is 29.8 Å². The van der Waals surface area contributed by atoms with Crippen molar-refractivity contribution in [3.05, 3.63) is 82.4 Å². The fraction of sp³-hybridized carbons (Fsp3) is 0.250. The van der Waals surface area contributed by atoms with Crippen LogP contribution in [0.5, 0.6) is 5.75 Å². The lowest BCUT2D eigenvalue weighted by Gasteiger charge is -2.37. The Balaban J connectivity index is 1.72. The predicted molar refractivity (Wildman–Crippen MR) is 141 cm³/mol. The number of rotatable bonds is 4. The molecule has 0 fully saturated rings. The summed E-state index contributed by atoms with van der Waals surface area (Å²) in [7, 11) is 1.83. The number of halogens is 3. The van der Waals surface area contributed by atoms with E-state index in [1.54, 1.807) is 4.90 Å². The van der Waals surface area contributed by atoms with E-state index in [-0.39, 0.29) is 5.78 Å². The normalized spacial score (nSPS) is 18.5. The van der Waals surface area contributed by atoms with Gasteiger partial charge in [0.1, 0.15) is 18.2 Å². The molecule has 5 nitrogen and oxygen atoms in total. The van der Waals surface area contributed by atoms with Crippen LogP contribution in [0.15, 0.2) is 59.1 Å². The molecular weight excluding hydrogens is 652 g/mol. The minimum absolute atomic E-state index is 0.0939. The Morgan fingerprint density at radius 2 is 1.88 bits per heavy atom. The molecule has 0 unspecified atom stereocenters. The van der Waals surface area contributed by atoms with E-state index in [0.29, 0.717) is 35.0 Å². The SMILES string of the molecule is CN1C(N)=C(C#N)[C@@H](c2cc(I)c(OCc3ccc(Cl)cc3)c(I)c2)C2=C1CCCC2=O. The first-order valence-corrected chi connectivity index (χ1v) is 12.6. The lowest BCUT2D eigenvalue weighted by atomic mass is 9.76. The van der Waals surface area contributed by atoms with Crippen molar-refractivity contribution >= 4 is 62.6 Å². The number of ketones is 1. The smallest absolute Gasteiger partial charge is 0.161 e. The summed E-state index contributed by atoms with van der Waals surface area (Å²) >= 11 is 10.5. The Morgan fingerprint density at radius 1 is 1.22 bits per heavy atom. The Labute approximate surface area is 219 Å². The maximum atomic E-state index is 13.0. The minimum atomic E-state index is -0.452. The van der Waals surface area contributed by atoms with Gasteiger partial charge in [-0.25, -0.2) is 0 Å². The zero-order chi connectivity index (χ0) is 23.0. The van der Waals surface area contributed by atoms with Gasteiger partial charge >= 0.3 is 0 Å². The van der Waals surface area contributed by atoms with Gasteiger partial charge < -0.3 is 15.4 Å². The van der Waals surface area contributed by atoms with Crippen molar-refractivity contribution < 1.29 is 9.53 Å². The van der Waals surface area contributed by atoms with Gasteiger partial charge in [-0.05, 0) is 93.4 Å². The number of carbonyl (C=O) groups excluding carboxylic acids is 1. The van der Waals surface area contributed by atoms with E-state index in [9.17, 15) is 10.1 Å². The standard InChI is InChI=1S/C24H20ClI2N3O2/c1-30-19-3-2-4-20(31)22(19)21(16(11-28)24(30)29)14-9-17(26)23(18(27)10-14)32-12-13-5-7-15(25)8-6-13/h5-10,21H,2-4,12,29H2,1H3/t21-/m1/s1. The Hall–Kier alpha value is -1.77. The van der Waals surface area contributed by atoms with Gasteiger partial charge in [0.05, 0.1) is 24.7 Å². The zero-order valence-corrected chi connectivity index (χ0v) is 22.4. The molecule has 2 N–H and O–H groups in total. The average molecular weight is 672 g/mol. The molecule has 8 heteroatoms. The van der Waals surface area contributed by atoms with Gasteiger partial charge in [-0.3, -0.25) is 4.79 Å². The van der Waals surface area contributed by atoms with E-state index in [2.05, 4.69) is 51.3 Å². The van der Waals surface area contributed by atoms with Crippen LogP contribution in [0.4, 0.5) is 0 Å². The first-order chi connectivity index (χ1) is 15.3. The Kier molecular flexibility index (Phi) is 7.03. The third kappa shape index (κ3) is 4.37. The molecule has 4 rings (SSSR count). The Bertz CT molecular complexity index is 1180. The van der Waals surface area contributed by atoms with Crippen LogP contribution < -0.4 is 10.5 Å². The molecule has 0 spiro atoms. The number of carbonyl (C=O) groups is 1. The molecule has 0 radical (unpaired) electrons. The molecule has 2 aliphatic rings. The van der Waals surface area contributed by atoms with Gasteiger partial charge in [0.25, 0.3) is 0 Å². The molecule has 1 aliphatic carbocycles. The zero-order valence-electron chi connectivity index (χ0n) is 17.3. The summed E-state index contributed by atoms with van der Waals surface area (Å²) < 4.78 is 7.94. The van der Waals surface area contributed by atoms with Crippen molar-refractivity contribution in [2.24, 2.45) is 5.73 Å². The monoisotopic (exact) mass is 671 g/mol. The van der Waals surface area contributed by atoms with Crippen molar-refractivity contribution in [1.29, 1.82) is 5.26 Å². The molecule has 1 atom stereocenters. The second-order valence-electron chi connectivity index (χ2n) is 7.77. The van der Waals surface area contributed by atoms with Crippen molar-refractivity contribution in [2.75, 3.05) is 7.05 Å². The molecule has 1 heterocycles. The molecule has 0 aromatic heterocycles. The highest BCUT2D eigenvalue weighted by atomic mass is 127. The molecular formula is C24H20ClI2N3O2. The van der Waals surface area contributed by atoms with Crippen LogP contribution in [0.25, 0.3) is 0 Å². The maximum Gasteiger partial charge on any atom is 0.161 e. The molecule has 0 saturated heterocycles. The summed E-state index contributed by atoms with van der Waals surface area (Å²) in [5.41, 5.74) is 10.3. The Morgan fingerprint density at radius 3 is 2.50 bits per heavy atom. The highest BCUT2D eigenvalue weighted by molar-refractivity contribution is 14.1. The fourth-order valence-electron chi connectivity index (χ4n) is 4.22. The van der Waals surface area contributed by atoms with Crippen LogP contribution in [-0.2, 0) is 11.4 Å². The number of nitrogens with zero attached hydrogens (tertiary/aromatic N) is 2. The van der Waals surface area contributed by atoms with Crippen molar-refractivity contribution in [1.82, 2.24) is 4.90 Å². The number of Topliss-reactive ketones (excluding diaryl/α,β-unsaturated/α-hetero) is 1. The van der Waals surface area contributed by atoms with E-state index in [1.807, 2.05) is 43.4 Å². The number of hydrogen-bond donors (Lipinski definition) is 1. The summed E-state index contributed by atoms with van der Waals surface area (Å²) in [6.45, 7) is 0.417. The first-order valence-electron chi connectivity index (χ1n) is 10.1. The van der Waals surface area contributed by atoms with Gasteiger partial charge in [0.15, 0.2) is 5.78 Å². The minimum Gasteiger partial charge on any atom is -0.487 e. The van der Waals surface area contributed by atoms with Crippen LogP contribution in [0, 0.1) is 18.5 Å².